The summed E-state index contributed by atoms with van der Waals surface area (Å²) in [4.78, 5) is 0. The molecule has 0 bridgehead atoms. The maximum absolute atomic E-state index is 10.6. The van der Waals surface area contributed by atoms with Crippen LogP contribution in [0.25, 0.3) is 0 Å². The fraction of sp³-hybridized carbons (Fsp3) is 0.733. The Morgan fingerprint density at radius 2 is 1.94 bits per heavy atom. The van der Waals surface area contributed by atoms with Crippen molar-refractivity contribution in [3.8, 4) is 0 Å². The number of aliphatic hydroxyl groups excluding tert-OH is 2. The highest BCUT2D eigenvalue weighted by Gasteiger charge is 2.57. The lowest BCUT2D eigenvalue weighted by atomic mass is 9.49. The predicted octanol–water partition coefficient (Wildman–Crippen LogP) is 2.81. The third kappa shape index (κ3) is 1.61. The van der Waals surface area contributed by atoms with E-state index in [-0.39, 0.29) is 16.9 Å². The summed E-state index contributed by atoms with van der Waals surface area (Å²) in [6.45, 7) is 10.4. The molecule has 3 atom stereocenters. The lowest BCUT2D eigenvalue weighted by Crippen LogP contribution is -2.57. The summed E-state index contributed by atoms with van der Waals surface area (Å²) in [6, 6.07) is 0. The molecule has 96 valence electrons. The topological polar surface area (TPSA) is 40.5 Å². The van der Waals surface area contributed by atoms with E-state index in [1.807, 2.05) is 0 Å². The zero-order chi connectivity index (χ0) is 12.8. The van der Waals surface area contributed by atoms with Crippen molar-refractivity contribution in [1.82, 2.24) is 0 Å². The molecule has 0 unspecified atom stereocenters. The van der Waals surface area contributed by atoms with E-state index in [0.29, 0.717) is 6.42 Å². The van der Waals surface area contributed by atoms with Crippen molar-refractivity contribution in [2.24, 2.45) is 10.8 Å². The van der Waals surface area contributed by atoms with Crippen LogP contribution in [0.1, 0.15) is 46.5 Å². The fourth-order valence-corrected chi connectivity index (χ4v) is 3.75. The van der Waals surface area contributed by atoms with E-state index in [9.17, 15) is 10.2 Å². The average Bonchev–Trinajstić information content (AvgIpc) is 2.23. The second-order valence-electron chi connectivity index (χ2n) is 6.33. The van der Waals surface area contributed by atoms with Gasteiger partial charge >= 0.3 is 0 Å². The van der Waals surface area contributed by atoms with Crippen LogP contribution >= 0.6 is 0 Å². The quantitative estimate of drug-likeness (QED) is 0.635. The van der Waals surface area contributed by atoms with E-state index in [2.05, 4.69) is 33.4 Å². The Morgan fingerprint density at radius 1 is 1.29 bits per heavy atom. The summed E-state index contributed by atoms with van der Waals surface area (Å²) in [7, 11) is 0. The SMILES string of the molecule is C=C1CC[C@@H](O)C(C)(C)[C@@]12CC=C(C)C[C@@H]2O. The average molecular weight is 236 g/mol. The lowest BCUT2D eigenvalue weighted by molar-refractivity contribution is -0.119. The Bertz CT molecular complexity index is 367. The summed E-state index contributed by atoms with van der Waals surface area (Å²) in [6.07, 6.45) is 4.55. The van der Waals surface area contributed by atoms with Crippen molar-refractivity contribution in [1.29, 1.82) is 0 Å². The molecular weight excluding hydrogens is 212 g/mol. The maximum Gasteiger partial charge on any atom is 0.0679 e. The second kappa shape index (κ2) is 3.96. The molecule has 2 aliphatic carbocycles. The molecule has 2 N–H and O–H groups in total. The summed E-state index contributed by atoms with van der Waals surface area (Å²) < 4.78 is 0. The molecule has 0 aromatic rings. The minimum atomic E-state index is -0.412. The minimum absolute atomic E-state index is 0.307. The first-order valence-electron chi connectivity index (χ1n) is 6.52. The molecule has 0 aromatic heterocycles. The first-order valence-corrected chi connectivity index (χ1v) is 6.52. The zero-order valence-electron chi connectivity index (χ0n) is 11.2. The molecule has 1 saturated carbocycles. The molecule has 0 heterocycles. The number of rotatable bonds is 0. The van der Waals surface area contributed by atoms with Gasteiger partial charge in [0.2, 0.25) is 0 Å². The molecule has 0 aliphatic heterocycles. The predicted molar refractivity (Wildman–Crippen MR) is 69.6 cm³/mol. The third-order valence-electron chi connectivity index (χ3n) is 5.19. The molecule has 2 heteroatoms. The standard InChI is InChI=1S/C15H24O2/c1-10-7-8-15(13(17)9-10)11(2)5-6-12(16)14(15,3)4/h7,12-13,16-17H,2,5-6,8-9H2,1,3-4H3/t12-,13+,15+/m1/s1. The van der Waals surface area contributed by atoms with Gasteiger partial charge in [0.15, 0.2) is 0 Å². The highest BCUT2D eigenvalue weighted by Crippen LogP contribution is 2.59. The number of aliphatic hydroxyl groups is 2. The molecule has 0 aromatic carbocycles. The van der Waals surface area contributed by atoms with Gasteiger partial charge in [0.25, 0.3) is 0 Å². The molecule has 0 amide bonds. The lowest BCUT2D eigenvalue weighted by Gasteiger charge is -2.57. The van der Waals surface area contributed by atoms with Gasteiger partial charge in [-0.05, 0) is 32.6 Å². The van der Waals surface area contributed by atoms with Gasteiger partial charge in [-0.15, -0.1) is 0 Å². The van der Waals surface area contributed by atoms with Gasteiger partial charge < -0.3 is 10.2 Å². The largest absolute Gasteiger partial charge is 0.393 e. The molecular formula is C15H24O2. The van der Waals surface area contributed by atoms with Gasteiger partial charge in [0.05, 0.1) is 12.2 Å². The van der Waals surface area contributed by atoms with E-state index < -0.39 is 6.10 Å². The molecule has 2 nitrogen and oxygen atoms in total. The van der Waals surface area contributed by atoms with Crippen LogP contribution in [0, 0.1) is 10.8 Å². The van der Waals surface area contributed by atoms with Crippen LogP contribution in [-0.4, -0.2) is 22.4 Å². The summed E-state index contributed by atoms with van der Waals surface area (Å²) in [5.74, 6) is 0. The number of hydrogen-bond donors (Lipinski definition) is 2. The van der Waals surface area contributed by atoms with Crippen LogP contribution in [0.5, 0.6) is 0 Å². The molecule has 17 heavy (non-hydrogen) atoms. The third-order valence-corrected chi connectivity index (χ3v) is 5.19. The molecule has 2 aliphatic rings. The Labute approximate surface area is 104 Å². The molecule has 1 spiro atoms. The first kappa shape index (κ1) is 12.8. The normalized spacial score (nSPS) is 41.5. The Morgan fingerprint density at radius 3 is 2.53 bits per heavy atom. The van der Waals surface area contributed by atoms with Gasteiger partial charge in [0.1, 0.15) is 0 Å². The van der Waals surface area contributed by atoms with E-state index in [1.54, 1.807) is 0 Å². The highest BCUT2D eigenvalue weighted by molar-refractivity contribution is 5.29. The van der Waals surface area contributed by atoms with Crippen LogP contribution < -0.4 is 0 Å². The highest BCUT2D eigenvalue weighted by atomic mass is 16.3. The Kier molecular flexibility index (Phi) is 2.99. The summed E-state index contributed by atoms with van der Waals surface area (Å²) in [5, 5.41) is 20.8. The Hall–Kier alpha value is -0.600. The van der Waals surface area contributed by atoms with Gasteiger partial charge in [-0.25, -0.2) is 0 Å². The molecule has 1 fully saturated rings. The first-order chi connectivity index (χ1) is 7.82. The van der Waals surface area contributed by atoms with Crippen LogP contribution in [0.15, 0.2) is 23.8 Å². The van der Waals surface area contributed by atoms with Crippen molar-refractivity contribution in [2.45, 2.75) is 58.7 Å². The molecule has 0 radical (unpaired) electrons. The number of allylic oxidation sites excluding steroid dienone is 1. The van der Waals surface area contributed by atoms with E-state index in [4.69, 9.17) is 0 Å². The van der Waals surface area contributed by atoms with Crippen molar-refractivity contribution < 1.29 is 10.2 Å². The van der Waals surface area contributed by atoms with Crippen molar-refractivity contribution in [3.05, 3.63) is 23.8 Å². The van der Waals surface area contributed by atoms with E-state index >= 15 is 0 Å². The summed E-state index contributed by atoms with van der Waals surface area (Å²) in [5.41, 5.74) is 1.71. The van der Waals surface area contributed by atoms with Crippen LogP contribution in [0.2, 0.25) is 0 Å². The van der Waals surface area contributed by atoms with Crippen LogP contribution in [0.3, 0.4) is 0 Å². The van der Waals surface area contributed by atoms with Gasteiger partial charge in [-0.3, -0.25) is 0 Å². The smallest absolute Gasteiger partial charge is 0.0679 e. The van der Waals surface area contributed by atoms with Crippen LogP contribution in [0.4, 0.5) is 0 Å². The molecule has 2 rings (SSSR count). The van der Waals surface area contributed by atoms with Gasteiger partial charge in [0, 0.05) is 10.8 Å². The number of hydrogen-bond acceptors (Lipinski definition) is 2. The van der Waals surface area contributed by atoms with Crippen molar-refractivity contribution in [3.63, 3.8) is 0 Å². The Balaban J connectivity index is 2.48. The van der Waals surface area contributed by atoms with Crippen molar-refractivity contribution in [2.75, 3.05) is 0 Å². The second-order valence-corrected chi connectivity index (χ2v) is 6.33. The maximum atomic E-state index is 10.6. The monoisotopic (exact) mass is 236 g/mol. The zero-order valence-corrected chi connectivity index (χ0v) is 11.2. The molecule has 0 saturated heterocycles. The fourth-order valence-electron chi connectivity index (χ4n) is 3.75. The van der Waals surface area contributed by atoms with E-state index in [1.165, 1.54) is 5.57 Å². The minimum Gasteiger partial charge on any atom is -0.393 e. The van der Waals surface area contributed by atoms with Gasteiger partial charge in [-0.1, -0.05) is 37.6 Å². The van der Waals surface area contributed by atoms with Crippen LogP contribution in [-0.2, 0) is 0 Å². The summed E-state index contributed by atoms with van der Waals surface area (Å²) >= 11 is 0. The van der Waals surface area contributed by atoms with Crippen molar-refractivity contribution >= 4 is 0 Å². The van der Waals surface area contributed by atoms with Gasteiger partial charge in [-0.2, -0.15) is 0 Å². The van der Waals surface area contributed by atoms with E-state index in [0.717, 1.165) is 24.8 Å².